The van der Waals surface area contributed by atoms with Crippen LogP contribution in [0.3, 0.4) is 0 Å². The molecule has 4 heteroatoms. The lowest BCUT2D eigenvalue weighted by molar-refractivity contribution is -0.118. The van der Waals surface area contributed by atoms with Gasteiger partial charge in [-0.2, -0.15) is 0 Å². The van der Waals surface area contributed by atoms with Crippen LogP contribution >= 0.6 is 0 Å². The monoisotopic (exact) mass is 208 g/mol. The molecule has 0 aliphatic rings. The molecule has 1 amide bonds. The van der Waals surface area contributed by atoms with Gasteiger partial charge in [-0.25, -0.2) is 0 Å². The lowest BCUT2D eigenvalue weighted by Gasteiger charge is -2.10. The minimum atomic E-state index is -0.386. The third kappa shape index (κ3) is 3.69. The molecule has 82 valence electrons. The lowest BCUT2D eigenvalue weighted by atomic mass is 10.0. The first-order valence-electron chi connectivity index (χ1n) is 4.75. The summed E-state index contributed by atoms with van der Waals surface area (Å²) >= 11 is 0. The lowest BCUT2D eigenvalue weighted by Crippen LogP contribution is -2.20. The number of amides is 1. The van der Waals surface area contributed by atoms with Gasteiger partial charge in [0.05, 0.1) is 6.61 Å². The number of nitrogens with two attached hydrogens (primary N) is 2. The number of ether oxygens (including phenoxy) is 1. The molecule has 1 aromatic rings. The van der Waals surface area contributed by atoms with Gasteiger partial charge in [0, 0.05) is 19.6 Å². The summed E-state index contributed by atoms with van der Waals surface area (Å²) in [6.45, 7) is 0.575. The van der Waals surface area contributed by atoms with Crippen LogP contribution in [0, 0.1) is 0 Å². The van der Waals surface area contributed by atoms with Crippen LogP contribution in [0.2, 0.25) is 0 Å². The third-order valence-electron chi connectivity index (χ3n) is 2.14. The van der Waals surface area contributed by atoms with Crippen molar-refractivity contribution < 1.29 is 9.53 Å². The summed E-state index contributed by atoms with van der Waals surface area (Å²) in [7, 11) is 1.65. The molecular weight excluding hydrogens is 192 g/mol. The molecule has 1 aromatic carbocycles. The van der Waals surface area contributed by atoms with E-state index in [0.29, 0.717) is 6.61 Å². The van der Waals surface area contributed by atoms with E-state index in [1.165, 1.54) is 0 Å². The molecule has 0 aromatic heterocycles. The van der Waals surface area contributed by atoms with E-state index in [1.807, 2.05) is 24.3 Å². The fraction of sp³-hybridized carbons (Fsp3) is 0.364. The van der Waals surface area contributed by atoms with Crippen LogP contribution in [0.15, 0.2) is 24.3 Å². The Morgan fingerprint density at radius 2 is 2.00 bits per heavy atom. The fourth-order valence-corrected chi connectivity index (χ4v) is 1.36. The highest BCUT2D eigenvalue weighted by Crippen LogP contribution is 2.14. The number of hydrogen-bond donors (Lipinski definition) is 2. The van der Waals surface area contributed by atoms with E-state index in [9.17, 15) is 4.79 Å². The van der Waals surface area contributed by atoms with Crippen molar-refractivity contribution in [2.45, 2.75) is 19.1 Å². The van der Waals surface area contributed by atoms with Crippen LogP contribution in [0.4, 0.5) is 0 Å². The zero-order chi connectivity index (χ0) is 11.3. The van der Waals surface area contributed by atoms with Crippen molar-refractivity contribution in [1.29, 1.82) is 0 Å². The smallest absolute Gasteiger partial charge is 0.219 e. The van der Waals surface area contributed by atoms with Crippen molar-refractivity contribution in [2.24, 2.45) is 11.5 Å². The van der Waals surface area contributed by atoms with Crippen LogP contribution in [0.25, 0.3) is 0 Å². The van der Waals surface area contributed by atoms with Gasteiger partial charge in [0.1, 0.15) is 0 Å². The van der Waals surface area contributed by atoms with Crippen molar-refractivity contribution in [3.63, 3.8) is 0 Å². The molecule has 0 saturated heterocycles. The topological polar surface area (TPSA) is 78.3 Å². The molecule has 4 nitrogen and oxygen atoms in total. The molecule has 0 heterocycles. The Bertz CT molecular complexity index is 322. The van der Waals surface area contributed by atoms with E-state index < -0.39 is 0 Å². The molecule has 0 fully saturated rings. The SMILES string of the molecule is COCc1ccc([C@H](N)CC(N)=O)cc1. The molecular formula is C11H16N2O2. The second kappa shape index (κ2) is 5.48. The van der Waals surface area contributed by atoms with Crippen LogP contribution in [0.1, 0.15) is 23.6 Å². The minimum absolute atomic E-state index is 0.170. The number of carbonyl (C=O) groups excluding carboxylic acids is 1. The maximum Gasteiger partial charge on any atom is 0.219 e. The highest BCUT2D eigenvalue weighted by Gasteiger charge is 2.08. The first-order chi connectivity index (χ1) is 7.13. The predicted octanol–water partition coefficient (Wildman–Crippen LogP) is 0.708. The molecule has 0 radical (unpaired) electrons. The largest absolute Gasteiger partial charge is 0.380 e. The second-order valence-electron chi connectivity index (χ2n) is 3.45. The van der Waals surface area contributed by atoms with Crippen LogP contribution in [-0.4, -0.2) is 13.0 Å². The Kier molecular flexibility index (Phi) is 4.27. The summed E-state index contributed by atoms with van der Waals surface area (Å²) in [4.78, 5) is 10.7. The zero-order valence-electron chi connectivity index (χ0n) is 8.77. The van der Waals surface area contributed by atoms with Gasteiger partial charge in [-0.15, -0.1) is 0 Å². The molecule has 0 aliphatic carbocycles. The Hall–Kier alpha value is -1.39. The molecule has 0 unspecified atom stereocenters. The number of methoxy groups -OCH3 is 1. The Labute approximate surface area is 89.2 Å². The predicted molar refractivity (Wildman–Crippen MR) is 57.9 cm³/mol. The summed E-state index contributed by atoms with van der Waals surface area (Å²) in [5, 5.41) is 0. The summed E-state index contributed by atoms with van der Waals surface area (Å²) in [5.74, 6) is -0.386. The van der Waals surface area contributed by atoms with E-state index >= 15 is 0 Å². The summed E-state index contributed by atoms with van der Waals surface area (Å²) < 4.78 is 4.99. The third-order valence-corrected chi connectivity index (χ3v) is 2.14. The van der Waals surface area contributed by atoms with Crippen molar-refractivity contribution in [1.82, 2.24) is 0 Å². The molecule has 15 heavy (non-hydrogen) atoms. The molecule has 0 saturated carbocycles. The van der Waals surface area contributed by atoms with Crippen LogP contribution in [-0.2, 0) is 16.1 Å². The van der Waals surface area contributed by atoms with Gasteiger partial charge in [0.25, 0.3) is 0 Å². The van der Waals surface area contributed by atoms with E-state index in [-0.39, 0.29) is 18.4 Å². The molecule has 4 N–H and O–H groups in total. The van der Waals surface area contributed by atoms with Gasteiger partial charge < -0.3 is 16.2 Å². The minimum Gasteiger partial charge on any atom is -0.380 e. The first kappa shape index (κ1) is 11.7. The Balaban J connectivity index is 2.66. The number of benzene rings is 1. The number of rotatable bonds is 5. The van der Waals surface area contributed by atoms with Gasteiger partial charge >= 0.3 is 0 Å². The Morgan fingerprint density at radius 3 is 2.47 bits per heavy atom. The van der Waals surface area contributed by atoms with Crippen LogP contribution in [0.5, 0.6) is 0 Å². The second-order valence-corrected chi connectivity index (χ2v) is 3.45. The van der Waals surface area contributed by atoms with Gasteiger partial charge in [0.15, 0.2) is 0 Å². The average molecular weight is 208 g/mol. The fourth-order valence-electron chi connectivity index (χ4n) is 1.36. The summed E-state index contributed by atoms with van der Waals surface area (Å²) in [6, 6.07) is 7.32. The maximum atomic E-state index is 10.7. The molecule has 0 aliphatic heterocycles. The molecule has 0 bridgehead atoms. The maximum absolute atomic E-state index is 10.7. The van der Waals surface area contributed by atoms with Crippen molar-refractivity contribution >= 4 is 5.91 Å². The zero-order valence-corrected chi connectivity index (χ0v) is 8.77. The molecule has 1 atom stereocenters. The first-order valence-corrected chi connectivity index (χ1v) is 4.75. The average Bonchev–Trinajstić information content (AvgIpc) is 2.18. The van der Waals surface area contributed by atoms with Crippen molar-refractivity contribution in [3.05, 3.63) is 35.4 Å². The van der Waals surface area contributed by atoms with Crippen molar-refractivity contribution in [2.75, 3.05) is 7.11 Å². The number of hydrogen-bond acceptors (Lipinski definition) is 3. The number of carbonyl (C=O) groups is 1. The van der Waals surface area contributed by atoms with Gasteiger partial charge in [-0.3, -0.25) is 4.79 Å². The normalized spacial score (nSPS) is 12.4. The van der Waals surface area contributed by atoms with Gasteiger partial charge in [-0.1, -0.05) is 24.3 Å². The molecule has 0 spiro atoms. The van der Waals surface area contributed by atoms with E-state index in [0.717, 1.165) is 11.1 Å². The van der Waals surface area contributed by atoms with E-state index in [1.54, 1.807) is 7.11 Å². The molecule has 1 rings (SSSR count). The number of primary amides is 1. The van der Waals surface area contributed by atoms with Crippen molar-refractivity contribution in [3.8, 4) is 0 Å². The Morgan fingerprint density at radius 1 is 1.40 bits per heavy atom. The van der Waals surface area contributed by atoms with Gasteiger partial charge in [0.2, 0.25) is 5.91 Å². The van der Waals surface area contributed by atoms with Gasteiger partial charge in [-0.05, 0) is 11.1 Å². The van der Waals surface area contributed by atoms with E-state index in [2.05, 4.69) is 0 Å². The summed E-state index contributed by atoms with van der Waals surface area (Å²) in [6.07, 6.45) is 0.170. The van der Waals surface area contributed by atoms with Crippen LogP contribution < -0.4 is 11.5 Å². The quantitative estimate of drug-likeness (QED) is 0.748. The standard InChI is InChI=1S/C11H16N2O2/c1-15-7-8-2-4-9(5-3-8)10(12)6-11(13)14/h2-5,10H,6-7,12H2,1H3,(H2,13,14)/t10-/m1/s1. The highest BCUT2D eigenvalue weighted by molar-refractivity contribution is 5.74. The van der Waals surface area contributed by atoms with E-state index in [4.69, 9.17) is 16.2 Å². The summed E-state index contributed by atoms with van der Waals surface area (Å²) in [5.41, 5.74) is 12.8. The highest BCUT2D eigenvalue weighted by atomic mass is 16.5.